The fourth-order valence-corrected chi connectivity index (χ4v) is 9.45. The molecule has 4 heteroatoms. The minimum absolute atomic E-state index is 0. The van der Waals surface area contributed by atoms with Crippen LogP contribution in [0.5, 0.6) is 0 Å². The van der Waals surface area contributed by atoms with Crippen LogP contribution in [0.3, 0.4) is 0 Å². The van der Waals surface area contributed by atoms with Gasteiger partial charge in [-0.1, -0.05) is 84.9 Å². The average molecular weight is 658 g/mol. The molecule has 0 saturated carbocycles. The Labute approximate surface area is 247 Å². The smallest absolute Gasteiger partial charge is 0.0937 e. The van der Waals surface area contributed by atoms with Gasteiger partial charge >= 0.3 is 0 Å². The van der Waals surface area contributed by atoms with E-state index in [0.717, 1.165) is 12.8 Å². The van der Waals surface area contributed by atoms with Crippen molar-refractivity contribution in [2.45, 2.75) is 31.6 Å². The third-order valence-electron chi connectivity index (χ3n) is 7.04. The van der Waals surface area contributed by atoms with Crippen molar-refractivity contribution in [1.29, 1.82) is 0 Å². The molecule has 4 aromatic rings. The van der Waals surface area contributed by atoms with E-state index in [1.807, 2.05) is 0 Å². The zero-order chi connectivity index (χ0) is 24.7. The molecule has 0 N–H and O–H groups in total. The maximum Gasteiger partial charge on any atom is 0.0937 e. The molecule has 0 aliphatic carbocycles. The summed E-state index contributed by atoms with van der Waals surface area (Å²) in [6.45, 7) is 9.80. The Hall–Kier alpha value is -1.30. The largest absolute Gasteiger partial charge is 1.00 e. The van der Waals surface area contributed by atoms with Crippen molar-refractivity contribution in [3.8, 4) is 0 Å². The Kier molecular flexibility index (Phi) is 12.7. The average Bonchev–Trinajstić information content (AvgIpc) is 2.87. The van der Waals surface area contributed by atoms with Crippen LogP contribution in [0.1, 0.15) is 28.7 Å². The molecule has 0 unspecified atom stereocenters. The van der Waals surface area contributed by atoms with Gasteiger partial charge in [0.2, 0.25) is 0 Å². The second-order valence-electron chi connectivity index (χ2n) is 10.8. The molecule has 0 nitrogen and oxygen atoms in total. The summed E-state index contributed by atoms with van der Waals surface area (Å²) in [6.07, 6.45) is 5.83. The fourth-order valence-electron chi connectivity index (χ4n) is 4.88. The lowest BCUT2D eigenvalue weighted by Crippen LogP contribution is -3.00. The molecule has 0 spiro atoms. The quantitative estimate of drug-likeness (QED) is 0.229. The second-order valence-corrected chi connectivity index (χ2v) is 19.2. The Morgan fingerprint density at radius 3 is 1.03 bits per heavy atom. The monoisotopic (exact) mass is 656 g/mol. The van der Waals surface area contributed by atoms with E-state index < -0.39 is 14.5 Å². The van der Waals surface area contributed by atoms with E-state index >= 15 is 0 Å². The molecule has 0 aliphatic rings. The SMILES string of the molecule is C[P+](C)(Cc1ccc(CCCc2ccc(C[P+](C)(C)c3ccccc3)cc2)cc1)c1ccccc1.[Br-].[Br-]. The van der Waals surface area contributed by atoms with Crippen molar-refractivity contribution < 1.29 is 34.0 Å². The highest BCUT2D eigenvalue weighted by Crippen LogP contribution is 2.53. The van der Waals surface area contributed by atoms with Crippen LogP contribution < -0.4 is 44.6 Å². The molecule has 0 radical (unpaired) electrons. The first-order chi connectivity index (χ1) is 16.8. The number of rotatable bonds is 10. The molecule has 0 aliphatic heterocycles. The van der Waals surface area contributed by atoms with E-state index in [1.54, 1.807) is 0 Å². The lowest BCUT2D eigenvalue weighted by atomic mass is 10.0. The summed E-state index contributed by atoms with van der Waals surface area (Å²) in [7, 11) is -2.25. The molecule has 4 rings (SSSR count). The Balaban J connectivity index is 0.00000241. The second kappa shape index (κ2) is 14.7. The van der Waals surface area contributed by atoms with Crippen LogP contribution in [0, 0.1) is 0 Å². The first-order valence-corrected chi connectivity index (χ1v) is 18.5. The van der Waals surface area contributed by atoms with E-state index in [-0.39, 0.29) is 34.0 Å². The van der Waals surface area contributed by atoms with Crippen LogP contribution in [0.2, 0.25) is 0 Å². The fraction of sp³-hybridized carbons (Fsp3) is 0.273. The molecule has 0 aromatic heterocycles. The van der Waals surface area contributed by atoms with Gasteiger partial charge in [-0.3, -0.25) is 0 Å². The standard InChI is InChI=1S/C33H40P2.2BrH/c1-34(2,32-14-7-5-8-15-32)26-30-22-18-28(19-23-30)12-11-13-29-20-24-31(25-21-29)27-35(3,4)33-16-9-6-10-17-33;;/h5-10,14-25H,11-13,26-27H2,1-4H3;2*1H/q+2;;/p-2. The number of benzene rings is 4. The third kappa shape index (κ3) is 9.44. The highest BCUT2D eigenvalue weighted by molar-refractivity contribution is 7.81. The first kappa shape index (κ1) is 31.9. The van der Waals surface area contributed by atoms with Gasteiger partial charge in [0.1, 0.15) is 0 Å². The summed E-state index contributed by atoms with van der Waals surface area (Å²) < 4.78 is 0. The molecule has 0 amide bonds. The Bertz CT molecular complexity index is 1090. The van der Waals surface area contributed by atoms with Gasteiger partial charge in [-0.05, 0) is 65.8 Å². The van der Waals surface area contributed by atoms with Crippen molar-refractivity contribution in [3.63, 3.8) is 0 Å². The van der Waals surface area contributed by atoms with Gasteiger partial charge in [-0.15, -0.1) is 0 Å². The van der Waals surface area contributed by atoms with Crippen molar-refractivity contribution in [3.05, 3.63) is 131 Å². The highest BCUT2D eigenvalue weighted by Gasteiger charge is 2.29. The summed E-state index contributed by atoms with van der Waals surface area (Å²) in [5.74, 6) is 0. The van der Waals surface area contributed by atoms with Gasteiger partial charge in [0.05, 0.1) is 49.6 Å². The molecule has 37 heavy (non-hydrogen) atoms. The van der Waals surface area contributed by atoms with Crippen molar-refractivity contribution in [2.75, 3.05) is 26.7 Å². The van der Waals surface area contributed by atoms with Gasteiger partial charge in [-0.25, -0.2) is 0 Å². The lowest BCUT2D eigenvalue weighted by molar-refractivity contribution is -0.00100. The molecule has 0 bridgehead atoms. The minimum Gasteiger partial charge on any atom is -1.00 e. The minimum atomic E-state index is -1.13. The van der Waals surface area contributed by atoms with Gasteiger partial charge in [0, 0.05) is 14.5 Å². The summed E-state index contributed by atoms with van der Waals surface area (Å²) in [5.41, 5.74) is 5.84. The summed E-state index contributed by atoms with van der Waals surface area (Å²) in [5, 5.41) is 3.03. The van der Waals surface area contributed by atoms with E-state index in [9.17, 15) is 0 Å². The van der Waals surface area contributed by atoms with Gasteiger partial charge in [0.25, 0.3) is 0 Å². The predicted octanol–water partition coefficient (Wildman–Crippen LogP) is 2.08. The molecule has 0 saturated heterocycles. The number of aryl methyl sites for hydroxylation is 2. The maximum atomic E-state index is 2.45. The van der Waals surface area contributed by atoms with Gasteiger partial charge in [0.15, 0.2) is 0 Å². The summed E-state index contributed by atoms with van der Waals surface area (Å²) in [4.78, 5) is 0. The van der Waals surface area contributed by atoms with Crippen molar-refractivity contribution in [2.24, 2.45) is 0 Å². The maximum absolute atomic E-state index is 2.45. The van der Waals surface area contributed by atoms with E-state index in [2.05, 4.69) is 136 Å². The molecule has 0 heterocycles. The molecular weight excluding hydrogens is 618 g/mol. The molecular formula is C33H40Br2P2. The Morgan fingerprint density at radius 2 is 0.703 bits per heavy atom. The topological polar surface area (TPSA) is 0 Å². The van der Waals surface area contributed by atoms with E-state index in [4.69, 9.17) is 0 Å². The summed E-state index contributed by atoms with van der Waals surface area (Å²) >= 11 is 0. The van der Waals surface area contributed by atoms with Crippen molar-refractivity contribution in [1.82, 2.24) is 0 Å². The lowest BCUT2D eigenvalue weighted by Gasteiger charge is -2.18. The predicted molar refractivity (Wildman–Crippen MR) is 162 cm³/mol. The molecule has 4 aromatic carbocycles. The van der Waals surface area contributed by atoms with Gasteiger partial charge in [-0.2, -0.15) is 0 Å². The molecule has 0 atom stereocenters. The van der Waals surface area contributed by atoms with E-state index in [1.165, 1.54) is 51.6 Å². The van der Waals surface area contributed by atoms with Crippen LogP contribution in [0.15, 0.2) is 109 Å². The van der Waals surface area contributed by atoms with Crippen LogP contribution in [-0.2, 0) is 25.2 Å². The van der Waals surface area contributed by atoms with Crippen LogP contribution in [0.4, 0.5) is 0 Å². The van der Waals surface area contributed by atoms with Gasteiger partial charge < -0.3 is 34.0 Å². The van der Waals surface area contributed by atoms with Crippen LogP contribution >= 0.6 is 14.5 Å². The first-order valence-electron chi connectivity index (χ1n) is 12.7. The Morgan fingerprint density at radius 1 is 0.405 bits per heavy atom. The van der Waals surface area contributed by atoms with E-state index in [0.29, 0.717) is 0 Å². The molecule has 0 fully saturated rings. The number of halogens is 2. The molecule has 196 valence electrons. The highest BCUT2D eigenvalue weighted by atomic mass is 79.9. The number of hydrogen-bond donors (Lipinski definition) is 0. The summed E-state index contributed by atoms with van der Waals surface area (Å²) in [6, 6.07) is 40.9. The van der Waals surface area contributed by atoms with Crippen LogP contribution in [-0.4, -0.2) is 26.7 Å². The third-order valence-corrected chi connectivity index (χ3v) is 12.7. The number of hydrogen-bond acceptors (Lipinski definition) is 0. The zero-order valence-electron chi connectivity index (χ0n) is 22.6. The van der Waals surface area contributed by atoms with Crippen molar-refractivity contribution >= 4 is 25.1 Å². The normalized spacial score (nSPS) is 11.4. The zero-order valence-corrected chi connectivity index (χ0v) is 27.5. The van der Waals surface area contributed by atoms with Crippen LogP contribution in [0.25, 0.3) is 0 Å².